The van der Waals surface area contributed by atoms with Crippen molar-refractivity contribution in [1.82, 2.24) is 24.5 Å². The molecule has 17 heteroatoms. The van der Waals surface area contributed by atoms with E-state index >= 15 is 0 Å². The average Bonchev–Trinajstić information content (AvgIpc) is 2.88. The van der Waals surface area contributed by atoms with Gasteiger partial charge >= 0.3 is 36.8 Å². The third-order valence-electron chi connectivity index (χ3n) is 5.11. The zero-order valence-electron chi connectivity index (χ0n) is 27.2. The summed E-state index contributed by atoms with van der Waals surface area (Å²) in [5.74, 6) is 0. The summed E-state index contributed by atoms with van der Waals surface area (Å²) in [5, 5.41) is 0. The Morgan fingerprint density at radius 3 is 0.405 bits per heavy atom. The second-order valence-corrected chi connectivity index (χ2v) is 12.4. The van der Waals surface area contributed by atoms with Crippen molar-refractivity contribution in [2.45, 2.75) is 69.2 Å². The molecule has 0 N–H and O–H groups in total. The predicted octanol–water partition coefficient (Wildman–Crippen LogP) is 5.42. The van der Waals surface area contributed by atoms with E-state index in [2.05, 4.69) is 0 Å². The monoisotopic (exact) mass is 831 g/mol. The van der Waals surface area contributed by atoms with Crippen LogP contribution in [0.2, 0.25) is 0 Å². The van der Waals surface area contributed by atoms with Gasteiger partial charge < -0.3 is 149 Å². The van der Waals surface area contributed by atoms with Gasteiger partial charge in [-0.05, 0) is 69.2 Å². The van der Waals surface area contributed by atoms with E-state index in [0.29, 0.717) is 21.6 Å². The minimum atomic E-state index is 0. The summed E-state index contributed by atoms with van der Waals surface area (Å²) in [6.07, 6.45) is 0. The Kier molecular flexibility index (Phi) is 60.2. The van der Waals surface area contributed by atoms with Gasteiger partial charge in [0.15, 0.2) is 0 Å². The van der Waals surface area contributed by atoms with Crippen LogP contribution in [0.1, 0.15) is 69.2 Å². The molecule has 0 aliphatic heterocycles. The van der Waals surface area contributed by atoms with Crippen molar-refractivity contribution in [3.05, 3.63) is 0 Å². The van der Waals surface area contributed by atoms with E-state index in [1.165, 1.54) is 0 Å². The Hall–Kier alpha value is 1.71. The minimum Gasteiger partial charge on any atom is -0.411 e. The number of rotatable bonds is 10. The van der Waals surface area contributed by atoms with Crippen LogP contribution in [0.4, 0.5) is 0 Å². The molecule has 0 unspecified atom stereocenters. The normalized spacial score (nSPS) is 8.33. The van der Waals surface area contributed by atoms with Gasteiger partial charge in [0.05, 0.1) is 0 Å². The molecule has 0 radical (unpaired) electrons. The van der Waals surface area contributed by atoms with E-state index in [1.54, 1.807) is 0 Å². The number of hydrogen-bond acceptors (Lipinski definition) is 10. The van der Waals surface area contributed by atoms with Crippen molar-refractivity contribution >= 4 is 163 Å². The van der Waals surface area contributed by atoms with Crippen LogP contribution < -0.4 is 0 Å². The van der Waals surface area contributed by atoms with Gasteiger partial charge in [0, 0.05) is 65.4 Å². The number of nitrogens with zero attached hydrogens (tertiary/aromatic N) is 5. The van der Waals surface area contributed by atoms with Gasteiger partial charge in [-0.1, -0.05) is 21.6 Å². The Morgan fingerprint density at radius 1 is 0.333 bits per heavy atom. The van der Waals surface area contributed by atoms with E-state index in [9.17, 15) is 0 Å². The molecule has 0 bridgehead atoms. The molecule has 0 aliphatic rings. The van der Waals surface area contributed by atoms with E-state index in [0.717, 1.165) is 65.4 Å². The third kappa shape index (κ3) is 39.7. The quantitative estimate of drug-likeness (QED) is 0.159. The van der Waals surface area contributed by atoms with Gasteiger partial charge in [-0.25, -0.2) is 0 Å². The van der Waals surface area contributed by atoms with Crippen molar-refractivity contribution in [3.63, 3.8) is 0 Å². The van der Waals surface area contributed by atoms with Crippen molar-refractivity contribution in [3.8, 4) is 0 Å². The van der Waals surface area contributed by atoms with Gasteiger partial charge in [0.1, 0.15) is 0 Å². The Labute approximate surface area is 338 Å². The zero-order valence-corrected chi connectivity index (χ0v) is 39.5. The topological polar surface area (TPSA) is 16.2 Å². The Bertz CT molecular complexity index is 534. The maximum Gasteiger partial charge on any atom is 3.00 e. The van der Waals surface area contributed by atoms with Crippen LogP contribution in [-0.2, 0) is 82.6 Å². The average molecular weight is 834 g/mol. The fourth-order valence-electron chi connectivity index (χ4n) is 2.41. The maximum absolute atomic E-state index is 4.76. The second-order valence-electron chi connectivity index (χ2n) is 7.19. The molecule has 42 heavy (non-hydrogen) atoms. The van der Waals surface area contributed by atoms with Crippen LogP contribution in [-0.4, -0.2) is 129 Å². The Morgan fingerprint density at radius 2 is 0.405 bits per heavy atom. The van der Waals surface area contributed by atoms with Crippen LogP contribution in [0.5, 0.6) is 0 Å². The molecule has 0 aromatic heterocycles. The number of thiocarbonyl (C=S) groups is 5. The van der Waals surface area contributed by atoms with Gasteiger partial charge in [0.2, 0.25) is 0 Å². The summed E-state index contributed by atoms with van der Waals surface area (Å²) in [4.78, 5) is 9.81. The van der Waals surface area contributed by atoms with E-state index in [-0.39, 0.29) is 36.8 Å². The molecular weight excluding hydrogens is 783 g/mol. The van der Waals surface area contributed by atoms with Crippen LogP contribution in [0.3, 0.4) is 0 Å². The summed E-state index contributed by atoms with van der Waals surface area (Å²) < 4.78 is 2.89. The molecule has 5 nitrogen and oxygen atoms in total. The molecule has 0 heterocycles. The van der Waals surface area contributed by atoms with Crippen LogP contribution in [0, 0.1) is 0 Å². The fourth-order valence-corrected chi connectivity index (χ4v) is 4.99. The first-order chi connectivity index (χ1) is 18.6. The first kappa shape index (κ1) is 59.2. The summed E-state index contributed by atoms with van der Waals surface area (Å²) in [7, 11) is 0. The Balaban J connectivity index is -0.0000000721. The smallest absolute Gasteiger partial charge is 0.411 e. The molecule has 0 saturated carbocycles. The summed E-state index contributed by atoms with van der Waals surface area (Å²) >= 11 is 47.6. The summed E-state index contributed by atoms with van der Waals surface area (Å²) in [6, 6.07) is 0. The summed E-state index contributed by atoms with van der Waals surface area (Å²) in [6.45, 7) is 29.7. The van der Waals surface area contributed by atoms with Gasteiger partial charge in [-0.15, -0.1) is 0 Å². The van der Waals surface area contributed by atoms with Crippen molar-refractivity contribution < 1.29 is 19.5 Å². The standard InChI is InChI=1S/5C5H11NS2.Al.Zn/c5*1-3-6(4-2)5(7)8;;/h5*3-4H2,1-2H3,(H,7,8);;/q;;;;;+3;+2/p-5. The summed E-state index contributed by atoms with van der Waals surface area (Å²) in [5.41, 5.74) is 0. The first-order valence-corrected chi connectivity index (χ1v) is 17.5. The van der Waals surface area contributed by atoms with Crippen molar-refractivity contribution in [2.75, 3.05) is 65.4 Å². The van der Waals surface area contributed by atoms with E-state index in [1.807, 2.05) is 93.7 Å². The SMILES string of the molecule is CCN(CC)C(=S)[S-].CCN(CC)C(=S)[S-].CCN(CC)C(=S)[S-].CCN(CC)C(=S)[S-].CCN(CC)C(=S)[S-].[Al+3].[Zn+2]. The van der Waals surface area contributed by atoms with Crippen molar-refractivity contribution in [2.24, 2.45) is 0 Å². The van der Waals surface area contributed by atoms with Gasteiger partial charge in [0.25, 0.3) is 0 Å². The first-order valence-electron chi connectivity index (χ1n) is 13.4. The molecule has 0 rings (SSSR count). The van der Waals surface area contributed by atoms with Crippen molar-refractivity contribution in [1.29, 1.82) is 0 Å². The minimum absolute atomic E-state index is 0. The largest absolute Gasteiger partial charge is 3.00 e. The zero-order chi connectivity index (χ0) is 32.8. The molecule has 0 spiro atoms. The number of hydrogen-bond donors (Lipinski definition) is 0. The van der Waals surface area contributed by atoms with Gasteiger partial charge in [-0.3, -0.25) is 0 Å². The molecule has 0 aromatic rings. The van der Waals surface area contributed by atoms with E-state index in [4.69, 9.17) is 124 Å². The molecular formula is C25H50AlN5S10Zn. The fraction of sp³-hybridized carbons (Fsp3) is 0.800. The molecule has 240 valence electrons. The van der Waals surface area contributed by atoms with Crippen LogP contribution in [0.25, 0.3) is 0 Å². The van der Waals surface area contributed by atoms with Crippen LogP contribution in [0.15, 0.2) is 0 Å². The predicted molar refractivity (Wildman–Crippen MR) is 220 cm³/mol. The molecule has 0 amide bonds. The molecule has 0 saturated heterocycles. The van der Waals surface area contributed by atoms with Gasteiger partial charge in [-0.2, -0.15) is 0 Å². The molecule has 0 fully saturated rings. The maximum atomic E-state index is 4.76. The molecule has 0 aromatic carbocycles. The molecule has 0 atom stereocenters. The van der Waals surface area contributed by atoms with Crippen LogP contribution >= 0.6 is 61.1 Å². The third-order valence-corrected chi connectivity index (χ3v) is 7.69. The van der Waals surface area contributed by atoms with E-state index < -0.39 is 0 Å². The second kappa shape index (κ2) is 42.7. The molecule has 0 aliphatic carbocycles.